The van der Waals surface area contributed by atoms with E-state index in [-0.39, 0.29) is 11.5 Å². The summed E-state index contributed by atoms with van der Waals surface area (Å²) in [4.78, 5) is 12.0. The van der Waals surface area contributed by atoms with E-state index in [0.717, 1.165) is 0 Å². The van der Waals surface area contributed by atoms with Crippen molar-refractivity contribution >= 4 is 12.1 Å². The van der Waals surface area contributed by atoms with E-state index in [9.17, 15) is 15.0 Å². The number of nitrogens with zero attached hydrogens (tertiary/aromatic N) is 1. The number of rotatable bonds is 4. The Kier molecular flexibility index (Phi) is 4.63. The van der Waals surface area contributed by atoms with Crippen molar-refractivity contribution in [3.05, 3.63) is 53.1 Å². The van der Waals surface area contributed by atoms with Gasteiger partial charge in [0.1, 0.15) is 17.2 Å². The average Bonchev–Trinajstić information content (AvgIpc) is 2.49. The standard InChI is InChI=1S/C16H16N2O4/c1-10-7-11(19)8-14(20)13(10)9-17-18-16(21)12-5-3-4-6-15(12)22-2/h3-9,19-20H,1-2H3,(H,18,21). The molecule has 2 rings (SSSR count). The minimum absolute atomic E-state index is 0.0368. The second kappa shape index (κ2) is 6.62. The lowest BCUT2D eigenvalue weighted by Gasteiger charge is -2.07. The highest BCUT2D eigenvalue weighted by molar-refractivity contribution is 5.97. The molecule has 0 fully saturated rings. The molecule has 0 aliphatic heterocycles. The molecule has 114 valence electrons. The molecule has 0 aliphatic rings. The van der Waals surface area contributed by atoms with Gasteiger partial charge in [0.05, 0.1) is 18.9 Å². The van der Waals surface area contributed by atoms with Gasteiger partial charge in [-0.15, -0.1) is 0 Å². The van der Waals surface area contributed by atoms with E-state index in [2.05, 4.69) is 10.5 Å². The van der Waals surface area contributed by atoms with Crippen LogP contribution in [0.25, 0.3) is 0 Å². The van der Waals surface area contributed by atoms with E-state index in [1.165, 1.54) is 25.5 Å². The summed E-state index contributed by atoms with van der Waals surface area (Å²) < 4.78 is 5.10. The summed E-state index contributed by atoms with van der Waals surface area (Å²) in [5.41, 5.74) is 3.77. The van der Waals surface area contributed by atoms with Crippen LogP contribution in [0.15, 0.2) is 41.5 Å². The van der Waals surface area contributed by atoms with Crippen molar-refractivity contribution in [2.75, 3.05) is 7.11 Å². The fourth-order valence-electron chi connectivity index (χ4n) is 1.98. The molecule has 2 aromatic carbocycles. The maximum atomic E-state index is 12.0. The number of phenolic OH excluding ortho intramolecular Hbond substituents is 2. The summed E-state index contributed by atoms with van der Waals surface area (Å²) in [6, 6.07) is 9.47. The van der Waals surface area contributed by atoms with Gasteiger partial charge in [0.2, 0.25) is 0 Å². The van der Waals surface area contributed by atoms with Crippen LogP contribution in [0.2, 0.25) is 0 Å². The van der Waals surface area contributed by atoms with Gasteiger partial charge in [-0.1, -0.05) is 12.1 Å². The summed E-state index contributed by atoms with van der Waals surface area (Å²) in [7, 11) is 1.48. The van der Waals surface area contributed by atoms with Crippen LogP contribution in [-0.4, -0.2) is 29.4 Å². The third-order valence-corrected chi connectivity index (χ3v) is 3.06. The van der Waals surface area contributed by atoms with E-state index in [0.29, 0.717) is 22.4 Å². The molecule has 6 nitrogen and oxygen atoms in total. The predicted octanol–water partition coefficient (Wildman–Crippen LogP) is 2.18. The third-order valence-electron chi connectivity index (χ3n) is 3.06. The molecule has 6 heteroatoms. The summed E-state index contributed by atoms with van der Waals surface area (Å²) in [6.45, 7) is 1.71. The van der Waals surface area contributed by atoms with Gasteiger partial charge in [-0.3, -0.25) is 4.79 Å². The van der Waals surface area contributed by atoms with Gasteiger partial charge in [-0.05, 0) is 30.7 Å². The molecular formula is C16H16N2O4. The first-order valence-electron chi connectivity index (χ1n) is 6.52. The first-order valence-corrected chi connectivity index (χ1v) is 6.52. The van der Waals surface area contributed by atoms with Crippen LogP contribution >= 0.6 is 0 Å². The maximum absolute atomic E-state index is 12.0. The molecule has 0 saturated heterocycles. The van der Waals surface area contributed by atoms with E-state index in [1.807, 2.05) is 0 Å². The molecule has 0 radical (unpaired) electrons. The number of hydrogen-bond acceptors (Lipinski definition) is 5. The van der Waals surface area contributed by atoms with Gasteiger partial charge in [-0.2, -0.15) is 5.10 Å². The summed E-state index contributed by atoms with van der Waals surface area (Å²) in [5.74, 6) is -0.138. The number of hydrazone groups is 1. The fraction of sp³-hybridized carbons (Fsp3) is 0.125. The SMILES string of the molecule is COc1ccccc1C(=O)NN=Cc1c(C)cc(O)cc1O. The highest BCUT2D eigenvalue weighted by Gasteiger charge is 2.10. The van der Waals surface area contributed by atoms with Crippen molar-refractivity contribution < 1.29 is 19.7 Å². The molecule has 0 saturated carbocycles. The minimum Gasteiger partial charge on any atom is -0.508 e. The average molecular weight is 300 g/mol. The zero-order valence-electron chi connectivity index (χ0n) is 12.2. The van der Waals surface area contributed by atoms with Crippen LogP contribution < -0.4 is 10.2 Å². The normalized spacial score (nSPS) is 10.6. The van der Waals surface area contributed by atoms with Gasteiger partial charge < -0.3 is 14.9 Å². The lowest BCUT2D eigenvalue weighted by atomic mass is 10.1. The Hall–Kier alpha value is -3.02. The molecule has 0 heterocycles. The molecule has 0 atom stereocenters. The van der Waals surface area contributed by atoms with Crippen molar-refractivity contribution in [3.8, 4) is 17.2 Å². The lowest BCUT2D eigenvalue weighted by molar-refractivity contribution is 0.0952. The Bertz CT molecular complexity index is 703. The summed E-state index contributed by atoms with van der Waals surface area (Å²) >= 11 is 0. The van der Waals surface area contributed by atoms with Crippen molar-refractivity contribution in [2.45, 2.75) is 6.92 Å². The highest BCUT2D eigenvalue weighted by atomic mass is 16.5. The zero-order valence-corrected chi connectivity index (χ0v) is 12.2. The molecule has 0 bridgehead atoms. The highest BCUT2D eigenvalue weighted by Crippen LogP contribution is 2.25. The quantitative estimate of drug-likeness (QED) is 0.596. The van der Waals surface area contributed by atoms with Crippen molar-refractivity contribution in [2.24, 2.45) is 5.10 Å². The topological polar surface area (TPSA) is 91.2 Å². The Balaban J connectivity index is 2.15. The number of carbonyl (C=O) groups excluding carboxylic acids is 1. The molecule has 3 N–H and O–H groups in total. The largest absolute Gasteiger partial charge is 0.508 e. The molecule has 2 aromatic rings. The van der Waals surface area contributed by atoms with Crippen LogP contribution in [0.5, 0.6) is 17.2 Å². The summed E-state index contributed by atoms with van der Waals surface area (Å²) in [5, 5.41) is 22.9. The molecule has 22 heavy (non-hydrogen) atoms. The van der Waals surface area contributed by atoms with E-state index >= 15 is 0 Å². The monoisotopic (exact) mass is 300 g/mol. The molecule has 0 aromatic heterocycles. The fourth-order valence-corrected chi connectivity index (χ4v) is 1.98. The number of benzene rings is 2. The molecule has 1 amide bonds. The van der Waals surface area contributed by atoms with Gasteiger partial charge in [0, 0.05) is 11.6 Å². The number of amides is 1. The first kappa shape index (κ1) is 15.4. The van der Waals surface area contributed by atoms with E-state index < -0.39 is 5.91 Å². The van der Waals surface area contributed by atoms with Crippen molar-refractivity contribution in [1.82, 2.24) is 5.43 Å². The Morgan fingerprint density at radius 1 is 1.27 bits per heavy atom. The smallest absolute Gasteiger partial charge is 0.275 e. The first-order chi connectivity index (χ1) is 10.5. The van der Waals surface area contributed by atoms with Crippen molar-refractivity contribution in [1.29, 1.82) is 0 Å². The van der Waals surface area contributed by atoms with Gasteiger partial charge in [-0.25, -0.2) is 5.43 Å². The van der Waals surface area contributed by atoms with Crippen LogP contribution in [-0.2, 0) is 0 Å². The van der Waals surface area contributed by atoms with Gasteiger partial charge >= 0.3 is 0 Å². The maximum Gasteiger partial charge on any atom is 0.275 e. The van der Waals surface area contributed by atoms with Crippen LogP contribution in [0.1, 0.15) is 21.5 Å². The molecular weight excluding hydrogens is 284 g/mol. The number of phenols is 2. The lowest BCUT2D eigenvalue weighted by Crippen LogP contribution is -2.18. The molecule has 0 aliphatic carbocycles. The van der Waals surface area contributed by atoms with E-state index in [4.69, 9.17) is 4.74 Å². The number of aromatic hydroxyl groups is 2. The zero-order chi connectivity index (χ0) is 16.1. The number of methoxy groups -OCH3 is 1. The van der Waals surface area contributed by atoms with Crippen molar-refractivity contribution in [3.63, 3.8) is 0 Å². The second-order valence-electron chi connectivity index (χ2n) is 4.59. The third kappa shape index (κ3) is 3.35. The van der Waals surface area contributed by atoms with Gasteiger partial charge in [0.15, 0.2) is 0 Å². The van der Waals surface area contributed by atoms with Crippen LogP contribution in [0.4, 0.5) is 0 Å². The number of ether oxygens (including phenoxy) is 1. The summed E-state index contributed by atoms with van der Waals surface area (Å²) in [6.07, 6.45) is 1.32. The predicted molar refractivity (Wildman–Crippen MR) is 82.6 cm³/mol. The van der Waals surface area contributed by atoms with Gasteiger partial charge in [0.25, 0.3) is 5.91 Å². The Morgan fingerprint density at radius 2 is 2.00 bits per heavy atom. The van der Waals surface area contributed by atoms with Crippen LogP contribution in [0, 0.1) is 6.92 Å². The van der Waals surface area contributed by atoms with E-state index in [1.54, 1.807) is 31.2 Å². The second-order valence-corrected chi connectivity index (χ2v) is 4.59. The number of para-hydroxylation sites is 1. The Labute approximate surface area is 127 Å². The molecule has 0 unspecified atom stereocenters. The van der Waals surface area contributed by atoms with Crippen LogP contribution in [0.3, 0.4) is 0 Å². The Morgan fingerprint density at radius 3 is 2.68 bits per heavy atom. The molecule has 0 spiro atoms. The number of carbonyl (C=O) groups is 1. The number of nitrogens with one attached hydrogen (secondary N) is 1. The number of aryl methyl sites for hydroxylation is 1. The number of hydrogen-bond donors (Lipinski definition) is 3. The minimum atomic E-state index is -0.426.